The summed E-state index contributed by atoms with van der Waals surface area (Å²) in [4.78, 5) is 24.8. The van der Waals surface area contributed by atoms with Crippen molar-refractivity contribution in [1.82, 2.24) is 4.90 Å². The van der Waals surface area contributed by atoms with Gasteiger partial charge in [0.1, 0.15) is 0 Å². The lowest BCUT2D eigenvalue weighted by Gasteiger charge is -2.11. The zero-order chi connectivity index (χ0) is 13.4. The zero-order valence-corrected chi connectivity index (χ0v) is 10.7. The van der Waals surface area contributed by atoms with Crippen LogP contribution in [0.5, 0.6) is 0 Å². The minimum Gasteiger partial charge on any atom is -0.502 e. The van der Waals surface area contributed by atoms with Crippen LogP contribution in [0.3, 0.4) is 0 Å². The Morgan fingerprint density at radius 3 is 2.28 bits per heavy atom. The van der Waals surface area contributed by atoms with Crippen LogP contribution in [0.15, 0.2) is 24.0 Å². The Hall–Kier alpha value is -2.10. The van der Waals surface area contributed by atoms with Crippen molar-refractivity contribution in [3.05, 3.63) is 40.6 Å². The van der Waals surface area contributed by atoms with Crippen molar-refractivity contribution in [3.63, 3.8) is 0 Å². The van der Waals surface area contributed by atoms with Gasteiger partial charge in [-0.15, -0.1) is 0 Å². The van der Waals surface area contributed by atoms with Crippen LogP contribution < -0.4 is 0 Å². The van der Waals surface area contributed by atoms with Crippen molar-refractivity contribution in [3.8, 4) is 0 Å². The predicted octanol–water partition coefficient (Wildman–Crippen LogP) is 1.96. The maximum atomic E-state index is 12.0. The van der Waals surface area contributed by atoms with Crippen LogP contribution in [0.2, 0.25) is 0 Å². The molecule has 4 heteroatoms. The van der Waals surface area contributed by atoms with Gasteiger partial charge < -0.3 is 5.11 Å². The largest absolute Gasteiger partial charge is 0.502 e. The average molecular weight is 245 g/mol. The monoisotopic (exact) mass is 245 g/mol. The Labute approximate surface area is 106 Å². The van der Waals surface area contributed by atoms with Crippen molar-refractivity contribution in [2.24, 2.45) is 0 Å². The van der Waals surface area contributed by atoms with Crippen LogP contribution in [-0.4, -0.2) is 28.4 Å². The molecule has 1 aromatic rings. The molecule has 0 saturated heterocycles. The summed E-state index contributed by atoms with van der Waals surface area (Å²) in [6.45, 7) is 5.85. The molecule has 0 aliphatic carbocycles. The third-order valence-corrected chi connectivity index (χ3v) is 3.26. The van der Waals surface area contributed by atoms with Crippen LogP contribution in [0.1, 0.15) is 23.6 Å². The Bertz CT molecular complexity index is 572. The van der Waals surface area contributed by atoms with Gasteiger partial charge in [0.2, 0.25) is 0 Å². The van der Waals surface area contributed by atoms with Gasteiger partial charge in [0.05, 0.1) is 5.57 Å². The first-order chi connectivity index (χ1) is 8.47. The quantitative estimate of drug-likeness (QED) is 0.810. The molecule has 0 bridgehead atoms. The molecule has 1 N–H and O–H groups in total. The van der Waals surface area contributed by atoms with Gasteiger partial charge in [-0.2, -0.15) is 0 Å². The van der Waals surface area contributed by atoms with Crippen molar-refractivity contribution in [2.45, 2.75) is 20.8 Å². The minimum atomic E-state index is -0.615. The number of hydrogen-bond donors (Lipinski definition) is 1. The van der Waals surface area contributed by atoms with E-state index >= 15 is 0 Å². The molecule has 0 unspecified atom stereocenters. The number of rotatable bonds is 2. The molecule has 0 atom stereocenters. The number of aliphatic hydroxyl groups is 1. The van der Waals surface area contributed by atoms with E-state index in [1.165, 1.54) is 0 Å². The van der Waals surface area contributed by atoms with E-state index in [1.54, 1.807) is 13.0 Å². The predicted molar refractivity (Wildman–Crippen MR) is 67.9 cm³/mol. The number of aliphatic hydroxyl groups excluding tert-OH is 1. The maximum Gasteiger partial charge on any atom is 0.296 e. The van der Waals surface area contributed by atoms with Gasteiger partial charge >= 0.3 is 0 Å². The van der Waals surface area contributed by atoms with Gasteiger partial charge in [-0.05, 0) is 37.5 Å². The molecule has 1 aromatic carbocycles. The Balaban J connectivity index is 2.53. The molecule has 18 heavy (non-hydrogen) atoms. The average Bonchev–Trinajstić information content (AvgIpc) is 2.54. The van der Waals surface area contributed by atoms with E-state index < -0.39 is 17.6 Å². The fraction of sp³-hybridized carbons (Fsp3) is 0.286. The summed E-state index contributed by atoms with van der Waals surface area (Å²) in [5.41, 5.74) is 2.81. The van der Waals surface area contributed by atoms with Crippen LogP contribution >= 0.6 is 0 Å². The molecule has 1 heterocycles. The number of carbonyl (C=O) groups is 2. The topological polar surface area (TPSA) is 57.6 Å². The molecule has 2 amide bonds. The SMILES string of the molecule is CCN1C(=O)C(O)=C(c2ccc(C)c(C)c2)C1=O. The summed E-state index contributed by atoms with van der Waals surface area (Å²) in [7, 11) is 0. The summed E-state index contributed by atoms with van der Waals surface area (Å²) < 4.78 is 0. The lowest BCUT2D eigenvalue weighted by Crippen LogP contribution is -2.31. The Morgan fingerprint density at radius 1 is 1.11 bits per heavy atom. The van der Waals surface area contributed by atoms with Crippen LogP contribution in [0.4, 0.5) is 0 Å². The van der Waals surface area contributed by atoms with Gasteiger partial charge in [0, 0.05) is 6.54 Å². The second kappa shape index (κ2) is 4.29. The number of benzene rings is 1. The van der Waals surface area contributed by atoms with Gasteiger partial charge in [-0.25, -0.2) is 0 Å². The third kappa shape index (κ3) is 1.70. The summed E-state index contributed by atoms with van der Waals surface area (Å²) in [6, 6.07) is 5.43. The first-order valence-corrected chi connectivity index (χ1v) is 5.84. The van der Waals surface area contributed by atoms with Crippen molar-refractivity contribution >= 4 is 17.4 Å². The molecule has 0 saturated carbocycles. The molecule has 0 aromatic heterocycles. The zero-order valence-electron chi connectivity index (χ0n) is 10.7. The highest BCUT2D eigenvalue weighted by atomic mass is 16.3. The fourth-order valence-corrected chi connectivity index (χ4v) is 2.01. The molecule has 2 rings (SSSR count). The van der Waals surface area contributed by atoms with E-state index in [2.05, 4.69) is 0 Å². The number of imide groups is 1. The van der Waals surface area contributed by atoms with E-state index in [1.807, 2.05) is 26.0 Å². The van der Waals surface area contributed by atoms with E-state index in [0.29, 0.717) is 5.56 Å². The van der Waals surface area contributed by atoms with E-state index in [-0.39, 0.29) is 12.1 Å². The van der Waals surface area contributed by atoms with Crippen molar-refractivity contribution < 1.29 is 14.7 Å². The first kappa shape index (κ1) is 12.4. The molecule has 1 aliphatic heterocycles. The molecule has 94 valence electrons. The lowest BCUT2D eigenvalue weighted by molar-refractivity contribution is -0.137. The number of aryl methyl sites for hydroxylation is 2. The van der Waals surface area contributed by atoms with Gasteiger partial charge in [-0.3, -0.25) is 14.5 Å². The van der Waals surface area contributed by atoms with Gasteiger partial charge in [-0.1, -0.05) is 18.2 Å². The van der Waals surface area contributed by atoms with Gasteiger partial charge in [0.15, 0.2) is 5.76 Å². The molecule has 4 nitrogen and oxygen atoms in total. The van der Waals surface area contributed by atoms with Crippen LogP contribution in [-0.2, 0) is 9.59 Å². The smallest absolute Gasteiger partial charge is 0.296 e. The van der Waals surface area contributed by atoms with Crippen molar-refractivity contribution in [1.29, 1.82) is 0 Å². The lowest BCUT2D eigenvalue weighted by atomic mass is 10.0. The van der Waals surface area contributed by atoms with Crippen LogP contribution in [0, 0.1) is 13.8 Å². The Morgan fingerprint density at radius 2 is 1.78 bits per heavy atom. The standard InChI is InChI=1S/C14H15NO3/c1-4-15-13(17)11(12(16)14(15)18)10-6-5-8(2)9(3)7-10/h5-7,16H,4H2,1-3H3. The fourth-order valence-electron chi connectivity index (χ4n) is 2.01. The summed E-state index contributed by atoms with van der Waals surface area (Å²) in [6.07, 6.45) is 0. The molecule has 0 radical (unpaired) electrons. The first-order valence-electron chi connectivity index (χ1n) is 5.84. The summed E-state index contributed by atoms with van der Waals surface area (Å²) in [5.74, 6) is -1.50. The van der Waals surface area contributed by atoms with E-state index in [4.69, 9.17) is 0 Å². The normalized spacial score (nSPS) is 15.8. The number of likely N-dealkylation sites (N-methyl/N-ethyl adjacent to an activating group) is 1. The van der Waals surface area contributed by atoms with Crippen LogP contribution in [0.25, 0.3) is 5.57 Å². The van der Waals surface area contributed by atoms with Crippen molar-refractivity contribution in [2.75, 3.05) is 6.54 Å². The second-order valence-electron chi connectivity index (χ2n) is 4.38. The molecule has 0 fully saturated rings. The Kier molecular flexibility index (Phi) is 2.95. The molecule has 1 aliphatic rings. The highest BCUT2D eigenvalue weighted by Gasteiger charge is 2.38. The molecular formula is C14H15NO3. The molecular weight excluding hydrogens is 230 g/mol. The number of amides is 2. The number of nitrogens with zero attached hydrogens (tertiary/aromatic N) is 1. The third-order valence-electron chi connectivity index (χ3n) is 3.26. The second-order valence-corrected chi connectivity index (χ2v) is 4.38. The number of carbonyl (C=O) groups excluding carboxylic acids is 2. The van der Waals surface area contributed by atoms with E-state index in [0.717, 1.165) is 16.0 Å². The summed E-state index contributed by atoms with van der Waals surface area (Å²) >= 11 is 0. The summed E-state index contributed by atoms with van der Waals surface area (Å²) in [5, 5.41) is 9.81. The van der Waals surface area contributed by atoms with E-state index in [9.17, 15) is 14.7 Å². The van der Waals surface area contributed by atoms with Gasteiger partial charge in [0.25, 0.3) is 11.8 Å². The highest BCUT2D eigenvalue weighted by Crippen LogP contribution is 2.28. The highest BCUT2D eigenvalue weighted by molar-refractivity contribution is 6.34. The molecule has 0 spiro atoms. The number of hydrogen-bond acceptors (Lipinski definition) is 3. The minimum absolute atomic E-state index is 0.102. The maximum absolute atomic E-state index is 12.0.